The molecule has 8 heteroatoms. The van der Waals surface area contributed by atoms with Crippen LogP contribution in [0.25, 0.3) is 0 Å². The number of nitrogens with zero attached hydrogens (tertiary/aromatic N) is 1. The lowest BCUT2D eigenvalue weighted by Crippen LogP contribution is -2.32. The highest BCUT2D eigenvalue weighted by Crippen LogP contribution is 2.27. The van der Waals surface area contributed by atoms with E-state index in [4.69, 9.17) is 9.47 Å². The van der Waals surface area contributed by atoms with Gasteiger partial charge in [0.2, 0.25) is 0 Å². The molecular formula is C19H18BrN3O4. The van der Waals surface area contributed by atoms with Crippen molar-refractivity contribution in [3.8, 4) is 11.5 Å². The summed E-state index contributed by atoms with van der Waals surface area (Å²) >= 11 is 3.29. The molecule has 2 N–H and O–H groups in total. The predicted molar refractivity (Wildman–Crippen MR) is 107 cm³/mol. The Bertz CT molecular complexity index is 868. The van der Waals surface area contributed by atoms with E-state index in [1.807, 2.05) is 6.07 Å². The molecule has 0 spiro atoms. The van der Waals surface area contributed by atoms with Gasteiger partial charge in [0.05, 0.1) is 13.3 Å². The van der Waals surface area contributed by atoms with Crippen molar-refractivity contribution in [1.29, 1.82) is 0 Å². The highest BCUT2D eigenvalue weighted by Gasteiger charge is 2.13. The van der Waals surface area contributed by atoms with Crippen LogP contribution in [0.5, 0.6) is 11.5 Å². The lowest BCUT2D eigenvalue weighted by atomic mass is 10.2. The number of methoxy groups -OCH3 is 1. The second-order valence-corrected chi connectivity index (χ2v) is 6.09. The second-order valence-electron chi connectivity index (χ2n) is 5.17. The van der Waals surface area contributed by atoms with E-state index in [2.05, 4.69) is 38.4 Å². The molecule has 0 atom stereocenters. The van der Waals surface area contributed by atoms with Gasteiger partial charge in [-0.05, 0) is 42.0 Å². The van der Waals surface area contributed by atoms with Crippen LogP contribution in [0.3, 0.4) is 0 Å². The average molecular weight is 432 g/mol. The third kappa shape index (κ3) is 6.27. The molecule has 0 aliphatic carbocycles. The molecule has 0 saturated carbocycles. The number of carbonyl (C=O) groups excluding carboxylic acids is 2. The van der Waals surface area contributed by atoms with E-state index in [0.29, 0.717) is 29.4 Å². The number of hydrogen-bond acceptors (Lipinski definition) is 5. The van der Waals surface area contributed by atoms with Gasteiger partial charge in [-0.2, -0.15) is 5.10 Å². The molecule has 140 valence electrons. The quantitative estimate of drug-likeness (QED) is 0.305. The van der Waals surface area contributed by atoms with Crippen molar-refractivity contribution < 1.29 is 19.1 Å². The van der Waals surface area contributed by atoms with Gasteiger partial charge in [-0.15, -0.1) is 0 Å². The largest absolute Gasteiger partial charge is 0.493 e. The molecule has 27 heavy (non-hydrogen) atoms. The van der Waals surface area contributed by atoms with Crippen LogP contribution in [0.1, 0.15) is 5.56 Å². The Kier molecular flexibility index (Phi) is 7.57. The minimum absolute atomic E-state index is 0.354. The Balaban J connectivity index is 1.94. The van der Waals surface area contributed by atoms with Crippen molar-refractivity contribution in [2.75, 3.05) is 19.0 Å². The molecular weight excluding hydrogens is 414 g/mol. The third-order valence-corrected chi connectivity index (χ3v) is 3.71. The number of ether oxygens (including phenoxy) is 2. The Labute approximate surface area is 165 Å². The molecule has 7 nitrogen and oxygen atoms in total. The fourth-order valence-electron chi connectivity index (χ4n) is 2.00. The Hall–Kier alpha value is -3.13. The van der Waals surface area contributed by atoms with Gasteiger partial charge in [-0.1, -0.05) is 34.7 Å². The maximum Gasteiger partial charge on any atom is 0.329 e. The summed E-state index contributed by atoms with van der Waals surface area (Å²) in [6.45, 7) is 3.94. The van der Waals surface area contributed by atoms with Crippen molar-refractivity contribution in [2.24, 2.45) is 5.10 Å². The molecule has 0 bridgehead atoms. The first-order chi connectivity index (χ1) is 13.0. The van der Waals surface area contributed by atoms with E-state index in [1.165, 1.54) is 13.3 Å². The predicted octanol–water partition coefficient (Wildman–Crippen LogP) is 3.11. The van der Waals surface area contributed by atoms with Gasteiger partial charge in [-0.3, -0.25) is 9.59 Å². The summed E-state index contributed by atoms with van der Waals surface area (Å²) in [5.74, 6) is -0.633. The molecule has 0 radical (unpaired) electrons. The van der Waals surface area contributed by atoms with Gasteiger partial charge in [0.25, 0.3) is 0 Å². The van der Waals surface area contributed by atoms with Gasteiger partial charge < -0.3 is 14.8 Å². The minimum atomic E-state index is -0.885. The van der Waals surface area contributed by atoms with Crippen LogP contribution in [0.2, 0.25) is 0 Å². The fourth-order valence-corrected chi connectivity index (χ4v) is 2.40. The highest BCUT2D eigenvalue weighted by atomic mass is 79.9. The number of hydrazone groups is 1. The first kappa shape index (κ1) is 20.2. The van der Waals surface area contributed by atoms with Crippen molar-refractivity contribution in [2.45, 2.75) is 0 Å². The zero-order valence-corrected chi connectivity index (χ0v) is 16.2. The van der Waals surface area contributed by atoms with Gasteiger partial charge >= 0.3 is 11.8 Å². The molecule has 0 aliphatic rings. The molecule has 0 unspecified atom stereocenters. The minimum Gasteiger partial charge on any atom is -0.493 e. The normalized spacial score (nSPS) is 10.3. The summed E-state index contributed by atoms with van der Waals surface area (Å²) in [6.07, 6.45) is 3.02. The average Bonchev–Trinajstić information content (AvgIpc) is 2.66. The zero-order valence-electron chi connectivity index (χ0n) is 14.6. The second kappa shape index (κ2) is 10.1. The molecule has 0 aliphatic heterocycles. The van der Waals surface area contributed by atoms with Crippen LogP contribution >= 0.6 is 15.9 Å². The van der Waals surface area contributed by atoms with Crippen molar-refractivity contribution in [1.82, 2.24) is 5.43 Å². The number of anilines is 1. The maximum absolute atomic E-state index is 11.9. The van der Waals surface area contributed by atoms with E-state index < -0.39 is 11.8 Å². The van der Waals surface area contributed by atoms with E-state index in [-0.39, 0.29) is 0 Å². The summed E-state index contributed by atoms with van der Waals surface area (Å²) in [5, 5.41) is 6.26. The molecule has 0 saturated heterocycles. The lowest BCUT2D eigenvalue weighted by molar-refractivity contribution is -0.136. The van der Waals surface area contributed by atoms with Crippen molar-refractivity contribution in [3.05, 3.63) is 65.2 Å². The van der Waals surface area contributed by atoms with Gasteiger partial charge in [0.1, 0.15) is 6.61 Å². The summed E-state index contributed by atoms with van der Waals surface area (Å²) in [5.41, 5.74) is 3.33. The smallest absolute Gasteiger partial charge is 0.329 e. The van der Waals surface area contributed by atoms with Crippen LogP contribution in [0, 0.1) is 0 Å². The summed E-state index contributed by atoms with van der Waals surface area (Å²) in [4.78, 5) is 23.7. The maximum atomic E-state index is 11.9. The van der Waals surface area contributed by atoms with Gasteiger partial charge in [0, 0.05) is 10.2 Å². The molecule has 0 aromatic heterocycles. The van der Waals surface area contributed by atoms with Gasteiger partial charge in [-0.25, -0.2) is 5.43 Å². The molecule has 2 rings (SSSR count). The summed E-state index contributed by atoms with van der Waals surface area (Å²) in [7, 11) is 1.52. The Morgan fingerprint density at radius 3 is 2.70 bits per heavy atom. The fraction of sp³-hybridized carbons (Fsp3) is 0.105. The number of benzene rings is 2. The van der Waals surface area contributed by atoms with Crippen LogP contribution in [-0.2, 0) is 9.59 Å². The van der Waals surface area contributed by atoms with Crippen LogP contribution in [0.15, 0.2) is 64.7 Å². The standard InChI is InChI=1S/C19H18BrN3O4/c1-3-9-27-16-8-7-13(10-17(16)26-2)12-21-23-19(25)18(24)22-15-6-4-5-14(20)11-15/h3-8,10-12H,1,9H2,2H3,(H,22,24)(H,23,25)/b21-12-. The topological polar surface area (TPSA) is 89.0 Å². The zero-order chi connectivity index (χ0) is 19.6. The third-order valence-electron chi connectivity index (χ3n) is 3.21. The molecule has 2 aromatic rings. The lowest BCUT2D eigenvalue weighted by Gasteiger charge is -2.09. The molecule has 2 amide bonds. The number of rotatable bonds is 7. The highest BCUT2D eigenvalue weighted by molar-refractivity contribution is 9.10. The Morgan fingerprint density at radius 2 is 2.00 bits per heavy atom. The van der Waals surface area contributed by atoms with Crippen LogP contribution < -0.4 is 20.2 Å². The van der Waals surface area contributed by atoms with Crippen molar-refractivity contribution in [3.63, 3.8) is 0 Å². The van der Waals surface area contributed by atoms with E-state index in [1.54, 1.807) is 42.5 Å². The first-order valence-corrected chi connectivity index (χ1v) is 8.64. The summed E-state index contributed by atoms with van der Waals surface area (Å²) in [6, 6.07) is 12.0. The number of hydrogen-bond donors (Lipinski definition) is 2. The van der Waals surface area contributed by atoms with E-state index >= 15 is 0 Å². The van der Waals surface area contributed by atoms with Crippen LogP contribution in [0.4, 0.5) is 5.69 Å². The van der Waals surface area contributed by atoms with Gasteiger partial charge in [0.15, 0.2) is 11.5 Å². The summed E-state index contributed by atoms with van der Waals surface area (Å²) < 4.78 is 11.5. The monoisotopic (exact) mass is 431 g/mol. The molecule has 0 fully saturated rings. The number of halogens is 1. The van der Waals surface area contributed by atoms with E-state index in [9.17, 15) is 9.59 Å². The first-order valence-electron chi connectivity index (χ1n) is 7.85. The number of carbonyl (C=O) groups is 2. The molecule has 2 aromatic carbocycles. The number of amides is 2. The van der Waals surface area contributed by atoms with E-state index in [0.717, 1.165) is 4.47 Å². The SMILES string of the molecule is C=CCOc1ccc(/C=N\NC(=O)C(=O)Nc2cccc(Br)c2)cc1OC. The molecule has 0 heterocycles. The van der Waals surface area contributed by atoms with Crippen molar-refractivity contribution >= 4 is 39.6 Å². The van der Waals surface area contributed by atoms with Crippen LogP contribution in [-0.4, -0.2) is 31.7 Å². The Morgan fingerprint density at radius 1 is 1.19 bits per heavy atom. The number of nitrogens with one attached hydrogen (secondary N) is 2.